The van der Waals surface area contributed by atoms with Gasteiger partial charge in [0.25, 0.3) is 0 Å². The lowest BCUT2D eigenvalue weighted by Gasteiger charge is -1.99. The van der Waals surface area contributed by atoms with Gasteiger partial charge in [-0.1, -0.05) is 50.2 Å². The molecule has 19 heavy (non-hydrogen) atoms. The Morgan fingerprint density at radius 1 is 1.00 bits per heavy atom. The molecule has 0 unspecified atom stereocenters. The summed E-state index contributed by atoms with van der Waals surface area (Å²) in [4.78, 5) is 4.57. The van der Waals surface area contributed by atoms with E-state index >= 15 is 0 Å². The average Bonchev–Trinajstić information content (AvgIpc) is 2.79. The van der Waals surface area contributed by atoms with Crippen LogP contribution >= 0.6 is 0 Å². The van der Waals surface area contributed by atoms with Crippen LogP contribution in [0, 0.1) is 5.92 Å². The van der Waals surface area contributed by atoms with Gasteiger partial charge in [-0.3, -0.25) is 0 Å². The minimum absolute atomic E-state index is 0.557. The van der Waals surface area contributed by atoms with E-state index < -0.39 is 0 Å². The maximum atomic E-state index is 5.76. The van der Waals surface area contributed by atoms with Crippen LogP contribution in [0.25, 0.3) is 22.2 Å². The molecule has 0 aliphatic rings. The van der Waals surface area contributed by atoms with Gasteiger partial charge >= 0.3 is 0 Å². The van der Waals surface area contributed by atoms with E-state index in [-0.39, 0.29) is 0 Å². The van der Waals surface area contributed by atoms with Crippen LogP contribution in [0.2, 0.25) is 0 Å². The van der Waals surface area contributed by atoms with E-state index in [2.05, 4.69) is 43.1 Å². The van der Waals surface area contributed by atoms with Crippen LogP contribution in [0.15, 0.2) is 52.9 Å². The zero-order valence-electron chi connectivity index (χ0n) is 11.3. The molecular weight excluding hydrogens is 234 g/mol. The topological polar surface area (TPSA) is 26.0 Å². The first kappa shape index (κ1) is 12.0. The van der Waals surface area contributed by atoms with Crippen LogP contribution in [0.1, 0.15) is 19.7 Å². The highest BCUT2D eigenvalue weighted by atomic mass is 16.3. The third-order valence-corrected chi connectivity index (χ3v) is 3.12. The van der Waals surface area contributed by atoms with Crippen molar-refractivity contribution in [2.24, 2.45) is 5.92 Å². The predicted molar refractivity (Wildman–Crippen MR) is 78.0 cm³/mol. The standard InChI is InChI=1S/C17H17NO/c1-12(2)10-17-18-15-11-14(8-9-16(15)19-17)13-6-4-3-5-7-13/h3-9,11-12H,10H2,1-2H3. The van der Waals surface area contributed by atoms with E-state index in [9.17, 15) is 0 Å². The van der Waals surface area contributed by atoms with Crippen molar-refractivity contribution in [2.75, 3.05) is 0 Å². The number of hydrogen-bond acceptors (Lipinski definition) is 2. The van der Waals surface area contributed by atoms with Crippen molar-refractivity contribution >= 4 is 11.1 Å². The number of hydrogen-bond donors (Lipinski definition) is 0. The van der Waals surface area contributed by atoms with Gasteiger partial charge < -0.3 is 4.42 Å². The molecule has 1 heterocycles. The zero-order chi connectivity index (χ0) is 13.2. The largest absolute Gasteiger partial charge is 0.441 e. The highest BCUT2D eigenvalue weighted by Gasteiger charge is 2.08. The Morgan fingerprint density at radius 3 is 2.53 bits per heavy atom. The molecule has 0 spiro atoms. The molecule has 0 bridgehead atoms. The molecule has 0 aliphatic heterocycles. The summed E-state index contributed by atoms with van der Waals surface area (Å²) in [5.41, 5.74) is 4.20. The van der Waals surface area contributed by atoms with Crippen LogP contribution in [0.3, 0.4) is 0 Å². The molecule has 0 N–H and O–H groups in total. The number of aromatic nitrogens is 1. The Morgan fingerprint density at radius 2 is 1.79 bits per heavy atom. The maximum absolute atomic E-state index is 5.76. The number of benzene rings is 2. The molecule has 3 aromatic rings. The van der Waals surface area contributed by atoms with Gasteiger partial charge in [0.05, 0.1) is 0 Å². The third kappa shape index (κ3) is 2.53. The Hall–Kier alpha value is -2.09. The molecule has 0 fully saturated rings. The monoisotopic (exact) mass is 251 g/mol. The zero-order valence-corrected chi connectivity index (χ0v) is 11.3. The summed E-state index contributed by atoms with van der Waals surface area (Å²) in [6, 6.07) is 16.5. The first-order chi connectivity index (χ1) is 9.22. The summed E-state index contributed by atoms with van der Waals surface area (Å²) < 4.78 is 5.76. The molecule has 2 aromatic carbocycles. The summed E-state index contributed by atoms with van der Waals surface area (Å²) >= 11 is 0. The normalized spacial score (nSPS) is 11.3. The van der Waals surface area contributed by atoms with E-state index in [1.165, 1.54) is 11.1 Å². The second-order valence-corrected chi connectivity index (χ2v) is 5.25. The minimum atomic E-state index is 0.557. The Bertz CT molecular complexity index is 683. The molecule has 3 rings (SSSR count). The smallest absolute Gasteiger partial charge is 0.195 e. The molecular formula is C17H17NO. The van der Waals surface area contributed by atoms with Crippen LogP contribution in [-0.4, -0.2) is 4.98 Å². The van der Waals surface area contributed by atoms with Crippen LogP contribution < -0.4 is 0 Å². The van der Waals surface area contributed by atoms with Crippen molar-refractivity contribution in [3.63, 3.8) is 0 Å². The molecule has 0 saturated heterocycles. The minimum Gasteiger partial charge on any atom is -0.441 e. The molecule has 0 amide bonds. The first-order valence-electron chi connectivity index (χ1n) is 6.67. The van der Waals surface area contributed by atoms with E-state index in [4.69, 9.17) is 4.42 Å². The van der Waals surface area contributed by atoms with E-state index in [1.54, 1.807) is 0 Å². The van der Waals surface area contributed by atoms with Crippen molar-refractivity contribution in [3.05, 3.63) is 54.4 Å². The quantitative estimate of drug-likeness (QED) is 0.674. The summed E-state index contributed by atoms with van der Waals surface area (Å²) in [7, 11) is 0. The molecule has 0 atom stereocenters. The van der Waals surface area contributed by atoms with Gasteiger partial charge in [-0.25, -0.2) is 4.98 Å². The lowest BCUT2D eigenvalue weighted by atomic mass is 10.1. The second-order valence-electron chi connectivity index (χ2n) is 5.25. The molecule has 96 valence electrons. The van der Waals surface area contributed by atoms with Crippen molar-refractivity contribution in [1.29, 1.82) is 0 Å². The average molecular weight is 251 g/mol. The maximum Gasteiger partial charge on any atom is 0.195 e. The van der Waals surface area contributed by atoms with Gasteiger partial charge in [0, 0.05) is 6.42 Å². The summed E-state index contributed by atoms with van der Waals surface area (Å²) in [6.07, 6.45) is 0.884. The molecule has 2 heteroatoms. The van der Waals surface area contributed by atoms with Crippen LogP contribution in [0.5, 0.6) is 0 Å². The number of nitrogens with zero attached hydrogens (tertiary/aromatic N) is 1. The van der Waals surface area contributed by atoms with Crippen LogP contribution in [0.4, 0.5) is 0 Å². The van der Waals surface area contributed by atoms with Crippen molar-refractivity contribution in [1.82, 2.24) is 4.98 Å². The van der Waals surface area contributed by atoms with Crippen molar-refractivity contribution in [3.8, 4) is 11.1 Å². The van der Waals surface area contributed by atoms with Gasteiger partial charge in [0.1, 0.15) is 5.52 Å². The highest BCUT2D eigenvalue weighted by Crippen LogP contribution is 2.25. The molecule has 2 nitrogen and oxygen atoms in total. The van der Waals surface area contributed by atoms with Gasteiger partial charge in [-0.15, -0.1) is 0 Å². The number of fused-ring (bicyclic) bond motifs is 1. The second kappa shape index (κ2) is 4.88. The molecule has 0 saturated carbocycles. The van der Waals surface area contributed by atoms with Gasteiger partial charge in [0.15, 0.2) is 11.5 Å². The summed E-state index contributed by atoms with van der Waals surface area (Å²) in [5.74, 6) is 1.39. The third-order valence-electron chi connectivity index (χ3n) is 3.12. The SMILES string of the molecule is CC(C)Cc1nc2cc(-c3ccccc3)ccc2o1. The molecule has 0 radical (unpaired) electrons. The Balaban J connectivity index is 2.01. The van der Waals surface area contributed by atoms with E-state index in [1.807, 2.05) is 24.3 Å². The first-order valence-corrected chi connectivity index (χ1v) is 6.67. The van der Waals surface area contributed by atoms with Gasteiger partial charge in [-0.2, -0.15) is 0 Å². The summed E-state index contributed by atoms with van der Waals surface area (Å²) in [6.45, 7) is 4.34. The van der Waals surface area contributed by atoms with E-state index in [0.29, 0.717) is 5.92 Å². The lowest BCUT2D eigenvalue weighted by molar-refractivity contribution is 0.482. The predicted octanol–water partition coefficient (Wildman–Crippen LogP) is 4.69. The molecule has 1 aromatic heterocycles. The number of oxazole rings is 1. The highest BCUT2D eigenvalue weighted by molar-refractivity contribution is 5.80. The summed E-state index contributed by atoms with van der Waals surface area (Å²) in [5, 5.41) is 0. The van der Waals surface area contributed by atoms with Crippen LogP contribution in [-0.2, 0) is 6.42 Å². The fraction of sp³-hybridized carbons (Fsp3) is 0.235. The number of rotatable bonds is 3. The Labute approximate surface area is 113 Å². The molecule has 0 aliphatic carbocycles. The van der Waals surface area contributed by atoms with Crippen molar-refractivity contribution < 1.29 is 4.42 Å². The van der Waals surface area contributed by atoms with Gasteiger partial charge in [-0.05, 0) is 29.2 Å². The fourth-order valence-corrected chi connectivity index (χ4v) is 2.22. The fourth-order valence-electron chi connectivity index (χ4n) is 2.22. The lowest BCUT2D eigenvalue weighted by Crippen LogP contribution is -1.93. The Kier molecular flexibility index (Phi) is 3.08. The van der Waals surface area contributed by atoms with Gasteiger partial charge in [0.2, 0.25) is 0 Å². The van der Waals surface area contributed by atoms with E-state index in [0.717, 1.165) is 23.4 Å². The van der Waals surface area contributed by atoms with Crippen molar-refractivity contribution in [2.45, 2.75) is 20.3 Å².